The lowest BCUT2D eigenvalue weighted by molar-refractivity contribution is -0.167. The van der Waals surface area contributed by atoms with E-state index in [0.29, 0.717) is 19.3 Å². The summed E-state index contributed by atoms with van der Waals surface area (Å²) < 4.78 is 16.9. The average molecular weight is 1070 g/mol. The number of esters is 3. The van der Waals surface area contributed by atoms with Gasteiger partial charge in [-0.05, 0) is 122 Å². The lowest BCUT2D eigenvalue weighted by Gasteiger charge is -2.18. The fourth-order valence-electron chi connectivity index (χ4n) is 9.14. The molecular weight excluding hydrogens is 949 g/mol. The number of rotatable bonds is 59. The van der Waals surface area contributed by atoms with Gasteiger partial charge in [-0.2, -0.15) is 0 Å². The van der Waals surface area contributed by atoms with Crippen LogP contribution in [0.5, 0.6) is 0 Å². The summed E-state index contributed by atoms with van der Waals surface area (Å²) in [5.41, 5.74) is 0. The van der Waals surface area contributed by atoms with E-state index >= 15 is 0 Å². The smallest absolute Gasteiger partial charge is 0.306 e. The van der Waals surface area contributed by atoms with E-state index in [1.54, 1.807) is 0 Å². The molecule has 0 radical (unpaired) electrons. The Morgan fingerprint density at radius 1 is 0.273 bits per heavy atom. The number of ether oxygens (including phenoxy) is 3. The number of allylic oxidation sites excluding steroid dienone is 16. The van der Waals surface area contributed by atoms with E-state index in [9.17, 15) is 14.4 Å². The first kappa shape index (κ1) is 73.3. The molecule has 0 bridgehead atoms. The van der Waals surface area contributed by atoms with Crippen molar-refractivity contribution >= 4 is 17.9 Å². The molecule has 0 saturated carbocycles. The second-order valence-corrected chi connectivity index (χ2v) is 21.6. The Morgan fingerprint density at radius 2 is 0.506 bits per heavy atom. The maximum Gasteiger partial charge on any atom is 0.306 e. The highest BCUT2D eigenvalue weighted by Gasteiger charge is 2.19. The third kappa shape index (κ3) is 63.0. The van der Waals surface area contributed by atoms with Gasteiger partial charge >= 0.3 is 17.9 Å². The summed E-state index contributed by atoms with van der Waals surface area (Å²) in [5, 5.41) is 0. The minimum Gasteiger partial charge on any atom is -0.462 e. The van der Waals surface area contributed by atoms with Crippen LogP contribution in [0.3, 0.4) is 0 Å². The van der Waals surface area contributed by atoms with Crippen LogP contribution in [0.15, 0.2) is 97.2 Å². The van der Waals surface area contributed by atoms with Crippen molar-refractivity contribution in [3.8, 4) is 0 Å². The third-order valence-electron chi connectivity index (χ3n) is 14.0. The van der Waals surface area contributed by atoms with Crippen LogP contribution in [0, 0.1) is 0 Å². The molecule has 77 heavy (non-hydrogen) atoms. The molecule has 0 aromatic rings. The molecule has 0 aromatic heterocycles. The van der Waals surface area contributed by atoms with E-state index in [1.807, 2.05) is 0 Å². The molecule has 6 nitrogen and oxygen atoms in total. The molecular formula is C71H122O6. The predicted octanol–water partition coefficient (Wildman–Crippen LogP) is 22.4. The van der Waals surface area contributed by atoms with Gasteiger partial charge in [-0.25, -0.2) is 0 Å². The topological polar surface area (TPSA) is 78.9 Å². The van der Waals surface area contributed by atoms with Crippen molar-refractivity contribution in [2.75, 3.05) is 13.2 Å². The minimum atomic E-state index is -0.788. The van der Waals surface area contributed by atoms with Crippen molar-refractivity contribution < 1.29 is 28.6 Å². The Hall–Kier alpha value is -3.67. The maximum atomic E-state index is 12.9. The number of hydrogen-bond acceptors (Lipinski definition) is 6. The zero-order valence-corrected chi connectivity index (χ0v) is 50.7. The molecule has 0 spiro atoms. The quantitative estimate of drug-likeness (QED) is 0.0261. The first-order chi connectivity index (χ1) is 38.0. The van der Waals surface area contributed by atoms with E-state index in [2.05, 4.69) is 118 Å². The molecule has 1 atom stereocenters. The summed E-state index contributed by atoms with van der Waals surface area (Å²) in [7, 11) is 0. The van der Waals surface area contributed by atoms with Gasteiger partial charge in [0.2, 0.25) is 0 Å². The summed E-state index contributed by atoms with van der Waals surface area (Å²) in [6, 6.07) is 0. The van der Waals surface area contributed by atoms with Gasteiger partial charge in [0.05, 0.1) is 0 Å². The minimum absolute atomic E-state index is 0.0848. The van der Waals surface area contributed by atoms with Gasteiger partial charge in [0, 0.05) is 19.3 Å². The van der Waals surface area contributed by atoms with Crippen LogP contribution in [0.1, 0.15) is 316 Å². The molecule has 6 heteroatoms. The largest absolute Gasteiger partial charge is 0.462 e. The molecule has 0 aliphatic heterocycles. The molecule has 0 aromatic carbocycles. The molecule has 0 amide bonds. The van der Waals surface area contributed by atoms with Crippen molar-refractivity contribution in [2.45, 2.75) is 322 Å². The van der Waals surface area contributed by atoms with Gasteiger partial charge in [0.25, 0.3) is 0 Å². The Morgan fingerprint density at radius 3 is 0.805 bits per heavy atom. The number of hydrogen-bond donors (Lipinski definition) is 0. The molecule has 0 aliphatic rings. The number of unbranched alkanes of at least 4 members (excludes halogenated alkanes) is 32. The highest BCUT2D eigenvalue weighted by Crippen LogP contribution is 2.16. The van der Waals surface area contributed by atoms with Gasteiger partial charge in [0.1, 0.15) is 13.2 Å². The van der Waals surface area contributed by atoms with Gasteiger partial charge in [-0.1, -0.05) is 272 Å². The molecule has 0 heterocycles. The number of carbonyl (C=O) groups excluding carboxylic acids is 3. The van der Waals surface area contributed by atoms with E-state index < -0.39 is 6.10 Å². The van der Waals surface area contributed by atoms with Gasteiger partial charge in [0.15, 0.2) is 6.10 Å². The maximum absolute atomic E-state index is 12.9. The fraction of sp³-hybridized carbons (Fsp3) is 0.732. The van der Waals surface area contributed by atoms with E-state index in [4.69, 9.17) is 14.2 Å². The van der Waals surface area contributed by atoms with Crippen molar-refractivity contribution in [3.05, 3.63) is 97.2 Å². The Bertz CT molecular complexity index is 1510. The van der Waals surface area contributed by atoms with Crippen LogP contribution in [0.4, 0.5) is 0 Å². The lowest BCUT2D eigenvalue weighted by atomic mass is 10.1. The second-order valence-electron chi connectivity index (χ2n) is 21.6. The Kier molecular flexibility index (Phi) is 61.8. The van der Waals surface area contributed by atoms with Crippen LogP contribution >= 0.6 is 0 Å². The first-order valence-electron chi connectivity index (χ1n) is 32.7. The summed E-state index contributed by atoms with van der Waals surface area (Å²) in [6.45, 7) is 6.53. The molecule has 442 valence electrons. The van der Waals surface area contributed by atoms with Crippen molar-refractivity contribution in [1.82, 2.24) is 0 Å². The highest BCUT2D eigenvalue weighted by molar-refractivity contribution is 5.71. The monoisotopic (exact) mass is 1070 g/mol. The lowest BCUT2D eigenvalue weighted by Crippen LogP contribution is -2.30. The molecule has 0 aliphatic carbocycles. The first-order valence-corrected chi connectivity index (χ1v) is 32.7. The Balaban J connectivity index is 4.35. The zero-order chi connectivity index (χ0) is 55.7. The normalized spacial score (nSPS) is 12.7. The zero-order valence-electron chi connectivity index (χ0n) is 50.7. The molecule has 1 unspecified atom stereocenters. The fourth-order valence-corrected chi connectivity index (χ4v) is 9.14. The highest BCUT2D eigenvalue weighted by atomic mass is 16.6. The van der Waals surface area contributed by atoms with Crippen LogP contribution < -0.4 is 0 Å². The van der Waals surface area contributed by atoms with E-state index in [1.165, 1.54) is 167 Å². The van der Waals surface area contributed by atoms with Crippen molar-refractivity contribution in [2.24, 2.45) is 0 Å². The van der Waals surface area contributed by atoms with Crippen LogP contribution in [0.2, 0.25) is 0 Å². The predicted molar refractivity (Wildman–Crippen MR) is 334 cm³/mol. The Labute approximate surface area is 477 Å². The average Bonchev–Trinajstić information content (AvgIpc) is 3.43. The molecule has 0 rings (SSSR count). The summed E-state index contributed by atoms with van der Waals surface area (Å²) in [6.07, 6.45) is 86.9. The van der Waals surface area contributed by atoms with E-state index in [-0.39, 0.29) is 31.1 Å². The standard InChI is InChI=1S/C71H122O6/c1-4-7-10-13-16-19-22-25-28-30-32-33-34-35-36-37-38-39-40-42-43-46-49-52-55-58-61-64-70(73)76-67-68(66-75-69(72)63-60-57-54-51-48-45-27-24-21-18-15-12-9-6-3)77-71(74)65-62-59-56-53-50-47-44-41-31-29-26-23-20-17-14-11-8-5-2/h7,10,16,19,24-25,27-29,31-33,35-36,38-39,68H,4-6,8-9,11-15,17-18,20-23,26,30,34,37,40-67H2,1-3H3/b10-7-,19-16-,27-24-,28-25-,31-29-,33-32-,36-35-,39-38-. The van der Waals surface area contributed by atoms with Crippen LogP contribution in [0.25, 0.3) is 0 Å². The molecule has 0 N–H and O–H groups in total. The van der Waals surface area contributed by atoms with Gasteiger partial charge < -0.3 is 14.2 Å². The van der Waals surface area contributed by atoms with Gasteiger partial charge in [-0.15, -0.1) is 0 Å². The summed E-state index contributed by atoms with van der Waals surface area (Å²) in [5.74, 6) is -0.895. The van der Waals surface area contributed by atoms with Crippen LogP contribution in [-0.2, 0) is 28.6 Å². The van der Waals surface area contributed by atoms with Crippen molar-refractivity contribution in [1.29, 1.82) is 0 Å². The molecule has 0 saturated heterocycles. The molecule has 0 fully saturated rings. The van der Waals surface area contributed by atoms with Gasteiger partial charge in [-0.3, -0.25) is 14.4 Å². The van der Waals surface area contributed by atoms with Crippen LogP contribution in [-0.4, -0.2) is 37.2 Å². The second kappa shape index (κ2) is 64.9. The summed E-state index contributed by atoms with van der Waals surface area (Å²) in [4.78, 5) is 38.3. The number of carbonyl (C=O) groups is 3. The SMILES string of the molecule is CC/C=C\C/C=C\C/C=C\C/C=C\C/C=C\C/C=C\CCCCCCCCCCC(=O)OCC(COC(=O)CCCCCCC/C=C\CCCCCCC)OC(=O)CCCCCCCCC/C=C\CCCCCCCCC. The van der Waals surface area contributed by atoms with Crippen molar-refractivity contribution in [3.63, 3.8) is 0 Å². The third-order valence-corrected chi connectivity index (χ3v) is 14.0. The summed E-state index contributed by atoms with van der Waals surface area (Å²) >= 11 is 0. The van der Waals surface area contributed by atoms with E-state index in [0.717, 1.165) is 109 Å².